The van der Waals surface area contributed by atoms with Crippen LogP contribution >= 0.6 is 11.6 Å². The summed E-state index contributed by atoms with van der Waals surface area (Å²) in [4.78, 5) is 29.0. The number of aromatic amines is 1. The van der Waals surface area contributed by atoms with Crippen LogP contribution in [0.15, 0.2) is 41.2 Å². The quantitative estimate of drug-likeness (QED) is 0.558. The summed E-state index contributed by atoms with van der Waals surface area (Å²) in [6.07, 6.45) is 0. The van der Waals surface area contributed by atoms with Crippen molar-refractivity contribution in [2.75, 3.05) is 0 Å². The maximum absolute atomic E-state index is 12.1. The number of fused-ring (bicyclic) bond motifs is 1. The molecular weight excluding hydrogens is 310 g/mol. The van der Waals surface area contributed by atoms with Crippen LogP contribution in [0.5, 0.6) is 5.75 Å². The lowest BCUT2D eigenvalue weighted by Gasteiger charge is -2.06. The predicted molar refractivity (Wildman–Crippen MR) is 81.1 cm³/mol. The van der Waals surface area contributed by atoms with Crippen LogP contribution in [0.2, 0.25) is 5.02 Å². The number of hydrogen-bond acceptors (Lipinski definition) is 5. The highest BCUT2D eigenvalue weighted by Gasteiger charge is 2.13. The van der Waals surface area contributed by atoms with Crippen molar-refractivity contribution in [2.24, 2.45) is 0 Å². The fourth-order valence-electron chi connectivity index (χ4n) is 2.07. The van der Waals surface area contributed by atoms with Crippen molar-refractivity contribution >= 4 is 28.2 Å². The summed E-state index contributed by atoms with van der Waals surface area (Å²) >= 11 is 5.87. The zero-order valence-corrected chi connectivity index (χ0v) is 11.7. The van der Waals surface area contributed by atoms with Crippen molar-refractivity contribution in [1.82, 2.24) is 9.97 Å². The van der Waals surface area contributed by atoms with Crippen LogP contribution in [0, 0.1) is 10.1 Å². The summed E-state index contributed by atoms with van der Waals surface area (Å²) in [7, 11) is 0. The van der Waals surface area contributed by atoms with Crippen molar-refractivity contribution in [3.8, 4) is 17.1 Å². The van der Waals surface area contributed by atoms with Crippen LogP contribution in [0.4, 0.5) is 5.69 Å². The fraction of sp³-hybridized carbons (Fsp3) is 0. The number of rotatable bonds is 2. The second kappa shape index (κ2) is 5.12. The molecule has 0 spiro atoms. The number of non-ortho nitro benzene ring substituents is 1. The van der Waals surface area contributed by atoms with Crippen LogP contribution < -0.4 is 5.56 Å². The van der Waals surface area contributed by atoms with Gasteiger partial charge in [-0.1, -0.05) is 11.6 Å². The Bertz CT molecular complexity index is 968. The lowest BCUT2D eigenvalue weighted by Crippen LogP contribution is -2.10. The van der Waals surface area contributed by atoms with E-state index in [-0.39, 0.29) is 33.7 Å². The Kier molecular flexibility index (Phi) is 3.26. The third kappa shape index (κ3) is 2.38. The van der Waals surface area contributed by atoms with Crippen molar-refractivity contribution in [3.63, 3.8) is 0 Å². The zero-order valence-electron chi connectivity index (χ0n) is 10.9. The third-order valence-electron chi connectivity index (χ3n) is 3.11. The molecule has 1 aromatic heterocycles. The average molecular weight is 318 g/mol. The summed E-state index contributed by atoms with van der Waals surface area (Å²) in [6.45, 7) is 0. The number of benzene rings is 2. The number of nitro groups is 1. The Labute approximate surface area is 128 Å². The van der Waals surface area contributed by atoms with E-state index in [1.165, 1.54) is 30.3 Å². The van der Waals surface area contributed by atoms with Gasteiger partial charge in [0.25, 0.3) is 11.2 Å². The molecule has 0 fully saturated rings. The molecule has 3 aromatic rings. The molecular formula is C14H8ClN3O4. The molecule has 0 bridgehead atoms. The standard InChI is InChI=1S/C14H8ClN3O4/c15-7-1-4-12(19)10(5-7)13-16-11-3-2-8(18(21)22)6-9(11)14(20)17-13/h1-6,19H,(H,16,17,20). The number of H-pyrrole nitrogens is 1. The molecule has 0 unspecified atom stereocenters. The van der Waals surface area contributed by atoms with E-state index in [1.807, 2.05) is 0 Å². The number of phenolic OH excluding ortho intramolecular Hbond substituents is 1. The lowest BCUT2D eigenvalue weighted by molar-refractivity contribution is -0.384. The zero-order chi connectivity index (χ0) is 15.9. The molecule has 0 atom stereocenters. The van der Waals surface area contributed by atoms with Gasteiger partial charge in [0.15, 0.2) is 0 Å². The highest BCUT2D eigenvalue weighted by atomic mass is 35.5. The highest BCUT2D eigenvalue weighted by molar-refractivity contribution is 6.30. The largest absolute Gasteiger partial charge is 0.507 e. The normalized spacial score (nSPS) is 10.8. The molecule has 0 amide bonds. The molecule has 110 valence electrons. The monoisotopic (exact) mass is 317 g/mol. The molecule has 0 saturated carbocycles. The summed E-state index contributed by atoms with van der Waals surface area (Å²) in [5.74, 6) is 0.0418. The number of nitro benzene ring substituents is 1. The number of phenols is 1. The second-order valence-corrected chi connectivity index (χ2v) is 4.97. The molecule has 3 rings (SSSR count). The van der Waals surface area contributed by atoms with Gasteiger partial charge in [-0.2, -0.15) is 0 Å². The Balaban J connectivity index is 2.26. The molecule has 0 aliphatic carbocycles. The minimum atomic E-state index is -0.588. The van der Waals surface area contributed by atoms with E-state index in [0.29, 0.717) is 5.02 Å². The molecule has 7 nitrogen and oxygen atoms in total. The van der Waals surface area contributed by atoms with Crippen LogP contribution in [0.25, 0.3) is 22.3 Å². The van der Waals surface area contributed by atoms with E-state index in [0.717, 1.165) is 6.07 Å². The number of aromatic nitrogens is 2. The van der Waals surface area contributed by atoms with Crippen molar-refractivity contribution in [2.45, 2.75) is 0 Å². The summed E-state index contributed by atoms with van der Waals surface area (Å²) < 4.78 is 0. The number of nitrogens with zero attached hydrogens (tertiary/aromatic N) is 2. The van der Waals surface area contributed by atoms with E-state index in [4.69, 9.17) is 11.6 Å². The van der Waals surface area contributed by atoms with E-state index >= 15 is 0 Å². The van der Waals surface area contributed by atoms with Crippen LogP contribution in [-0.4, -0.2) is 20.0 Å². The van der Waals surface area contributed by atoms with Gasteiger partial charge in [-0.25, -0.2) is 4.98 Å². The summed E-state index contributed by atoms with van der Waals surface area (Å²) in [6, 6.07) is 8.15. The van der Waals surface area contributed by atoms with Crippen molar-refractivity contribution in [3.05, 3.63) is 61.9 Å². The molecule has 1 heterocycles. The number of aromatic hydroxyl groups is 1. The number of hydrogen-bond donors (Lipinski definition) is 2. The molecule has 2 N–H and O–H groups in total. The number of nitrogens with one attached hydrogen (secondary N) is 1. The maximum Gasteiger partial charge on any atom is 0.270 e. The summed E-state index contributed by atoms with van der Waals surface area (Å²) in [5.41, 5.74) is -0.185. The molecule has 0 radical (unpaired) electrons. The van der Waals surface area contributed by atoms with E-state index < -0.39 is 10.5 Å². The first-order valence-corrected chi connectivity index (χ1v) is 6.51. The van der Waals surface area contributed by atoms with Gasteiger partial charge >= 0.3 is 0 Å². The SMILES string of the molecule is O=c1[nH]c(-c2cc(Cl)ccc2O)nc2ccc([N+](=O)[O-])cc12. The minimum Gasteiger partial charge on any atom is -0.507 e. The Morgan fingerprint density at radius 1 is 1.23 bits per heavy atom. The van der Waals surface area contributed by atoms with Gasteiger partial charge in [0, 0.05) is 17.2 Å². The Hall–Kier alpha value is -2.93. The second-order valence-electron chi connectivity index (χ2n) is 4.53. The van der Waals surface area contributed by atoms with Crippen LogP contribution in [0.1, 0.15) is 0 Å². The van der Waals surface area contributed by atoms with Gasteiger partial charge in [0.2, 0.25) is 0 Å². The first kappa shape index (κ1) is 14.0. The Morgan fingerprint density at radius 3 is 2.73 bits per heavy atom. The third-order valence-corrected chi connectivity index (χ3v) is 3.35. The van der Waals surface area contributed by atoms with Crippen molar-refractivity contribution < 1.29 is 10.0 Å². The minimum absolute atomic E-state index is 0.0891. The molecule has 22 heavy (non-hydrogen) atoms. The predicted octanol–water partition coefficient (Wildman–Crippen LogP) is 2.86. The first-order chi connectivity index (χ1) is 10.5. The molecule has 0 aliphatic rings. The van der Waals surface area contributed by atoms with E-state index in [9.17, 15) is 20.0 Å². The van der Waals surface area contributed by atoms with Crippen LogP contribution in [-0.2, 0) is 0 Å². The van der Waals surface area contributed by atoms with E-state index in [2.05, 4.69) is 9.97 Å². The van der Waals surface area contributed by atoms with Gasteiger partial charge in [0.05, 0.1) is 21.4 Å². The smallest absolute Gasteiger partial charge is 0.270 e. The summed E-state index contributed by atoms with van der Waals surface area (Å²) in [5, 5.41) is 21.1. The lowest BCUT2D eigenvalue weighted by atomic mass is 10.1. The van der Waals surface area contributed by atoms with Gasteiger partial charge in [-0.15, -0.1) is 0 Å². The van der Waals surface area contributed by atoms with Gasteiger partial charge in [0.1, 0.15) is 11.6 Å². The van der Waals surface area contributed by atoms with Crippen molar-refractivity contribution in [1.29, 1.82) is 0 Å². The average Bonchev–Trinajstić information content (AvgIpc) is 2.49. The molecule has 2 aromatic carbocycles. The number of halogens is 1. The Morgan fingerprint density at radius 2 is 2.00 bits per heavy atom. The van der Waals surface area contributed by atoms with Gasteiger partial charge in [-0.05, 0) is 24.3 Å². The first-order valence-electron chi connectivity index (χ1n) is 6.13. The highest BCUT2D eigenvalue weighted by Crippen LogP contribution is 2.29. The topological polar surface area (TPSA) is 109 Å². The van der Waals surface area contributed by atoms with Gasteiger partial charge < -0.3 is 10.1 Å². The molecule has 0 aliphatic heterocycles. The fourth-order valence-corrected chi connectivity index (χ4v) is 2.24. The van der Waals surface area contributed by atoms with Gasteiger partial charge in [-0.3, -0.25) is 14.9 Å². The van der Waals surface area contributed by atoms with E-state index in [1.54, 1.807) is 0 Å². The molecule has 8 heteroatoms. The maximum atomic E-state index is 12.1. The van der Waals surface area contributed by atoms with Crippen LogP contribution in [0.3, 0.4) is 0 Å². The molecule has 0 saturated heterocycles.